The van der Waals surface area contributed by atoms with Crippen molar-refractivity contribution in [3.05, 3.63) is 41.2 Å². The third kappa shape index (κ3) is 3.78. The Morgan fingerprint density at radius 3 is 2.65 bits per heavy atom. The molecule has 1 amide bonds. The number of nitrogens with zero attached hydrogens (tertiary/aromatic N) is 5. The van der Waals surface area contributed by atoms with Crippen LogP contribution in [-0.4, -0.2) is 52.8 Å². The summed E-state index contributed by atoms with van der Waals surface area (Å²) in [6, 6.07) is 6.30. The van der Waals surface area contributed by atoms with Gasteiger partial charge in [0, 0.05) is 31.9 Å². The van der Waals surface area contributed by atoms with E-state index in [1.165, 1.54) is 5.56 Å². The van der Waals surface area contributed by atoms with Crippen molar-refractivity contribution in [1.29, 1.82) is 0 Å². The molecule has 0 saturated carbocycles. The van der Waals surface area contributed by atoms with Crippen LogP contribution in [0.5, 0.6) is 0 Å². The van der Waals surface area contributed by atoms with Gasteiger partial charge in [0.2, 0.25) is 0 Å². The Labute approximate surface area is 158 Å². The average molecular weight is 372 g/mol. The second-order valence-electron chi connectivity index (χ2n) is 6.75. The van der Waals surface area contributed by atoms with Crippen LogP contribution in [0.4, 0.5) is 5.13 Å². The number of aromatic nitrogens is 3. The van der Waals surface area contributed by atoms with Crippen molar-refractivity contribution in [2.24, 2.45) is 7.05 Å². The molecule has 0 bridgehead atoms. The van der Waals surface area contributed by atoms with Crippen LogP contribution in [0.25, 0.3) is 10.2 Å². The highest BCUT2D eigenvalue weighted by Crippen LogP contribution is 2.30. The topological polar surface area (TPSA) is 54.3 Å². The van der Waals surface area contributed by atoms with Crippen LogP contribution in [0.2, 0.25) is 0 Å². The van der Waals surface area contributed by atoms with Crippen molar-refractivity contribution in [2.45, 2.75) is 20.3 Å². The number of likely N-dealkylation sites (N-methyl/N-ethyl adjacent to an activating group) is 1. The van der Waals surface area contributed by atoms with Gasteiger partial charge in [-0.3, -0.25) is 14.4 Å². The molecule has 0 N–H and O–H groups in total. The van der Waals surface area contributed by atoms with Gasteiger partial charge in [0.15, 0.2) is 10.8 Å². The Balaban J connectivity index is 2.00. The number of hydrogen-bond acceptors (Lipinski definition) is 5. The quantitative estimate of drug-likeness (QED) is 0.668. The highest BCUT2D eigenvalue weighted by Gasteiger charge is 2.25. The van der Waals surface area contributed by atoms with E-state index in [0.29, 0.717) is 12.2 Å². The predicted octanol–water partition coefficient (Wildman–Crippen LogP) is 3.11. The van der Waals surface area contributed by atoms with E-state index in [2.05, 4.69) is 29.1 Å². The van der Waals surface area contributed by atoms with Gasteiger partial charge in [-0.05, 0) is 45.1 Å². The average Bonchev–Trinajstić information content (AvgIpc) is 3.16. The van der Waals surface area contributed by atoms with Crippen LogP contribution >= 0.6 is 11.3 Å². The molecule has 2 heterocycles. The van der Waals surface area contributed by atoms with Gasteiger partial charge in [0.25, 0.3) is 5.91 Å². The molecule has 3 aromatic rings. The molecule has 2 aromatic heterocycles. The molecule has 0 saturated heterocycles. The van der Waals surface area contributed by atoms with Gasteiger partial charge in [0.05, 0.1) is 10.2 Å². The summed E-state index contributed by atoms with van der Waals surface area (Å²) < 4.78 is 2.79. The minimum Gasteiger partial charge on any atom is -0.308 e. The first kappa shape index (κ1) is 18.5. The number of thiazole rings is 1. The van der Waals surface area contributed by atoms with Crippen LogP contribution in [0.15, 0.2) is 24.4 Å². The number of anilines is 1. The van der Waals surface area contributed by atoms with Crippen molar-refractivity contribution in [2.75, 3.05) is 32.1 Å². The summed E-state index contributed by atoms with van der Waals surface area (Å²) in [5.74, 6) is -0.0975. The van der Waals surface area contributed by atoms with Crippen LogP contribution in [0.1, 0.15) is 28.5 Å². The summed E-state index contributed by atoms with van der Waals surface area (Å²) in [7, 11) is 5.83. The Hall–Kier alpha value is -2.25. The first-order valence-electron chi connectivity index (χ1n) is 8.75. The largest absolute Gasteiger partial charge is 0.308 e. The first-order chi connectivity index (χ1) is 12.4. The minimum absolute atomic E-state index is 0.0975. The van der Waals surface area contributed by atoms with E-state index in [-0.39, 0.29) is 5.91 Å². The zero-order chi connectivity index (χ0) is 18.8. The monoisotopic (exact) mass is 371 g/mol. The first-order valence-corrected chi connectivity index (χ1v) is 9.57. The van der Waals surface area contributed by atoms with Crippen molar-refractivity contribution in [3.8, 4) is 0 Å². The van der Waals surface area contributed by atoms with E-state index >= 15 is 0 Å². The molecule has 7 heteroatoms. The Bertz CT molecular complexity index is 927. The van der Waals surface area contributed by atoms with Gasteiger partial charge in [-0.1, -0.05) is 24.3 Å². The molecule has 1 aromatic carbocycles. The van der Waals surface area contributed by atoms with Crippen LogP contribution in [0, 0.1) is 6.92 Å². The fraction of sp³-hybridized carbons (Fsp3) is 0.421. The number of carbonyl (C=O) groups excluding carboxylic acids is 1. The maximum atomic E-state index is 13.2. The second-order valence-corrected chi connectivity index (χ2v) is 7.76. The minimum atomic E-state index is -0.0975. The van der Waals surface area contributed by atoms with Crippen molar-refractivity contribution >= 4 is 32.6 Å². The molecule has 0 spiro atoms. The van der Waals surface area contributed by atoms with Gasteiger partial charge in [0.1, 0.15) is 0 Å². The van der Waals surface area contributed by atoms with E-state index < -0.39 is 0 Å². The standard InChI is InChI=1S/C19H25N5OS/c1-6-14-7-8-15-16(11-14)26-19(20-15)24(10-9-22(3)4)18(25)17-13(2)12-23(5)21-17/h7-8,11-12H,6,9-10H2,1-5H3. The van der Waals surface area contributed by atoms with E-state index in [1.807, 2.05) is 40.3 Å². The molecule has 138 valence electrons. The molecule has 0 atom stereocenters. The molecule has 3 rings (SSSR count). The number of carbonyl (C=O) groups is 1. The Morgan fingerprint density at radius 2 is 2.04 bits per heavy atom. The molecule has 0 aliphatic heterocycles. The van der Waals surface area contributed by atoms with Gasteiger partial charge in [-0.2, -0.15) is 5.10 Å². The fourth-order valence-electron chi connectivity index (χ4n) is 2.82. The SMILES string of the molecule is CCc1ccc2nc(N(CCN(C)C)C(=O)c3nn(C)cc3C)sc2c1. The molecular weight excluding hydrogens is 346 g/mol. The maximum Gasteiger partial charge on any atom is 0.280 e. The number of amides is 1. The molecule has 0 aliphatic rings. The van der Waals surface area contributed by atoms with Crippen LogP contribution in [0.3, 0.4) is 0 Å². The number of hydrogen-bond donors (Lipinski definition) is 0. The van der Waals surface area contributed by atoms with Crippen molar-refractivity contribution in [1.82, 2.24) is 19.7 Å². The Morgan fingerprint density at radius 1 is 1.27 bits per heavy atom. The van der Waals surface area contributed by atoms with Gasteiger partial charge < -0.3 is 4.90 Å². The molecule has 26 heavy (non-hydrogen) atoms. The van der Waals surface area contributed by atoms with Gasteiger partial charge in [-0.15, -0.1) is 0 Å². The summed E-state index contributed by atoms with van der Waals surface area (Å²) in [4.78, 5) is 21.7. The van der Waals surface area contributed by atoms with E-state index in [9.17, 15) is 4.79 Å². The fourth-order valence-corrected chi connectivity index (χ4v) is 3.88. The zero-order valence-electron chi connectivity index (χ0n) is 16.0. The van der Waals surface area contributed by atoms with Crippen molar-refractivity contribution in [3.63, 3.8) is 0 Å². The molecule has 0 radical (unpaired) electrons. The summed E-state index contributed by atoms with van der Waals surface area (Å²) in [6.07, 6.45) is 2.85. The summed E-state index contributed by atoms with van der Waals surface area (Å²) in [5, 5.41) is 5.08. The zero-order valence-corrected chi connectivity index (χ0v) is 16.8. The Kier molecular flexibility index (Phi) is 5.38. The number of aryl methyl sites for hydroxylation is 3. The smallest absolute Gasteiger partial charge is 0.280 e. The second kappa shape index (κ2) is 7.55. The molecule has 0 aliphatic carbocycles. The van der Waals surface area contributed by atoms with E-state index in [0.717, 1.165) is 33.9 Å². The lowest BCUT2D eigenvalue weighted by Crippen LogP contribution is -2.37. The predicted molar refractivity (Wildman–Crippen MR) is 107 cm³/mol. The third-order valence-electron chi connectivity index (χ3n) is 4.31. The summed E-state index contributed by atoms with van der Waals surface area (Å²) in [6.45, 7) is 5.38. The highest BCUT2D eigenvalue weighted by atomic mass is 32.1. The molecular formula is C19H25N5OS. The van der Waals surface area contributed by atoms with Gasteiger partial charge >= 0.3 is 0 Å². The summed E-state index contributed by atoms with van der Waals surface area (Å²) in [5.41, 5.74) is 3.57. The van der Waals surface area contributed by atoms with Crippen LogP contribution < -0.4 is 4.90 Å². The lowest BCUT2D eigenvalue weighted by molar-refractivity contribution is 0.0979. The van der Waals surface area contributed by atoms with Gasteiger partial charge in [-0.25, -0.2) is 4.98 Å². The van der Waals surface area contributed by atoms with E-state index in [4.69, 9.17) is 4.98 Å². The lowest BCUT2D eigenvalue weighted by Gasteiger charge is -2.21. The maximum absolute atomic E-state index is 13.2. The molecule has 0 fully saturated rings. The number of fused-ring (bicyclic) bond motifs is 1. The molecule has 0 unspecified atom stereocenters. The third-order valence-corrected chi connectivity index (χ3v) is 5.35. The van der Waals surface area contributed by atoms with Crippen LogP contribution in [-0.2, 0) is 13.5 Å². The number of rotatable bonds is 6. The highest BCUT2D eigenvalue weighted by molar-refractivity contribution is 7.22. The van der Waals surface area contributed by atoms with E-state index in [1.54, 1.807) is 20.9 Å². The van der Waals surface area contributed by atoms with Crippen molar-refractivity contribution < 1.29 is 4.79 Å². The summed E-state index contributed by atoms with van der Waals surface area (Å²) >= 11 is 1.56. The normalized spacial score (nSPS) is 11.5. The number of benzene rings is 1. The lowest BCUT2D eigenvalue weighted by atomic mass is 10.2. The molecule has 6 nitrogen and oxygen atoms in total.